The number of nitrogens with one attached hydrogen (secondary N) is 1. The highest BCUT2D eigenvalue weighted by molar-refractivity contribution is 9.10. The fraction of sp³-hybridized carbons (Fsp3) is 0.562. The zero-order chi connectivity index (χ0) is 14.2. The van der Waals surface area contributed by atoms with Crippen molar-refractivity contribution in [2.75, 3.05) is 6.61 Å². The zero-order valence-corrected chi connectivity index (χ0v) is 13.4. The van der Waals surface area contributed by atoms with Crippen LogP contribution in [0.4, 0.5) is 0 Å². The Morgan fingerprint density at radius 3 is 2.90 bits per heavy atom. The fourth-order valence-corrected chi connectivity index (χ4v) is 3.80. The molecule has 3 rings (SSSR count). The summed E-state index contributed by atoms with van der Waals surface area (Å²) >= 11 is 3.53. The van der Waals surface area contributed by atoms with Crippen LogP contribution in [-0.2, 0) is 17.8 Å². The predicted molar refractivity (Wildman–Crippen MR) is 81.8 cm³/mol. The van der Waals surface area contributed by atoms with Crippen molar-refractivity contribution >= 4 is 21.8 Å². The number of ether oxygens (including phenoxy) is 1. The molecule has 0 radical (unpaired) electrons. The van der Waals surface area contributed by atoms with Gasteiger partial charge in [-0.05, 0) is 30.5 Å². The molecule has 3 nitrogen and oxygen atoms in total. The molecule has 0 bridgehead atoms. The van der Waals surface area contributed by atoms with Crippen LogP contribution in [0.3, 0.4) is 0 Å². The maximum atomic E-state index is 12.4. The van der Waals surface area contributed by atoms with Crippen LogP contribution in [0.5, 0.6) is 5.75 Å². The molecule has 0 spiro atoms. The molecule has 1 N–H and O–H groups in total. The van der Waals surface area contributed by atoms with E-state index < -0.39 is 0 Å². The third-order valence-corrected chi connectivity index (χ3v) is 4.98. The van der Waals surface area contributed by atoms with Gasteiger partial charge in [0.15, 0.2) is 0 Å². The molecule has 0 saturated heterocycles. The average Bonchev–Trinajstić information content (AvgIpc) is 3.04. The molecule has 0 atom stereocenters. The van der Waals surface area contributed by atoms with E-state index in [0.29, 0.717) is 6.54 Å². The van der Waals surface area contributed by atoms with Crippen LogP contribution in [0.15, 0.2) is 16.6 Å². The van der Waals surface area contributed by atoms with E-state index in [1.54, 1.807) is 0 Å². The van der Waals surface area contributed by atoms with Crippen LogP contribution in [0.25, 0.3) is 0 Å². The molecule has 1 fully saturated rings. The molecule has 1 aromatic carbocycles. The van der Waals surface area contributed by atoms with E-state index in [-0.39, 0.29) is 11.3 Å². The molecule has 0 aromatic heterocycles. The molecule has 1 aromatic rings. The number of amides is 1. The van der Waals surface area contributed by atoms with Gasteiger partial charge >= 0.3 is 0 Å². The molecular weight excluding hydrogens is 318 g/mol. The smallest absolute Gasteiger partial charge is 0.226 e. The number of carbonyl (C=O) groups excluding carboxylic acids is 1. The molecule has 1 saturated carbocycles. The maximum Gasteiger partial charge on any atom is 0.226 e. The molecule has 4 heteroatoms. The van der Waals surface area contributed by atoms with Gasteiger partial charge in [0.25, 0.3) is 0 Å². The van der Waals surface area contributed by atoms with E-state index in [0.717, 1.165) is 41.7 Å². The van der Waals surface area contributed by atoms with Gasteiger partial charge < -0.3 is 10.1 Å². The van der Waals surface area contributed by atoms with Crippen molar-refractivity contribution in [1.29, 1.82) is 0 Å². The summed E-state index contributed by atoms with van der Waals surface area (Å²) in [6, 6.07) is 4.15. The van der Waals surface area contributed by atoms with Gasteiger partial charge in [0.05, 0.1) is 6.61 Å². The summed E-state index contributed by atoms with van der Waals surface area (Å²) < 4.78 is 6.75. The summed E-state index contributed by atoms with van der Waals surface area (Å²) in [5.74, 6) is 1.15. The van der Waals surface area contributed by atoms with Gasteiger partial charge in [0, 0.05) is 28.4 Å². The minimum Gasteiger partial charge on any atom is -0.493 e. The highest BCUT2D eigenvalue weighted by atomic mass is 79.9. The SMILES string of the molecule is CC1(C(=O)NCc2cc(Br)cc3c2OCC3)CCCC1. The topological polar surface area (TPSA) is 38.3 Å². The third kappa shape index (κ3) is 2.58. The summed E-state index contributed by atoms with van der Waals surface area (Å²) in [6.45, 7) is 3.37. The second-order valence-corrected chi connectivity index (χ2v) is 7.02. The van der Waals surface area contributed by atoms with Crippen molar-refractivity contribution in [3.63, 3.8) is 0 Å². The molecule has 20 heavy (non-hydrogen) atoms. The molecular formula is C16H20BrNO2. The molecule has 2 aliphatic rings. The van der Waals surface area contributed by atoms with E-state index in [9.17, 15) is 4.79 Å². The first kappa shape index (κ1) is 13.9. The number of rotatable bonds is 3. The number of hydrogen-bond acceptors (Lipinski definition) is 2. The number of fused-ring (bicyclic) bond motifs is 1. The highest BCUT2D eigenvalue weighted by Crippen LogP contribution is 2.38. The van der Waals surface area contributed by atoms with Crippen molar-refractivity contribution < 1.29 is 9.53 Å². The lowest BCUT2D eigenvalue weighted by Gasteiger charge is -2.22. The number of halogens is 1. The van der Waals surface area contributed by atoms with E-state index >= 15 is 0 Å². The summed E-state index contributed by atoms with van der Waals surface area (Å²) in [5.41, 5.74) is 2.13. The Morgan fingerprint density at radius 1 is 1.40 bits per heavy atom. The third-order valence-electron chi connectivity index (χ3n) is 4.52. The minimum absolute atomic E-state index is 0.171. The van der Waals surface area contributed by atoms with Crippen molar-refractivity contribution in [3.8, 4) is 5.75 Å². The lowest BCUT2D eigenvalue weighted by molar-refractivity contribution is -0.130. The molecule has 1 heterocycles. The summed E-state index contributed by atoms with van der Waals surface area (Å²) in [7, 11) is 0. The Hall–Kier alpha value is -1.03. The number of hydrogen-bond donors (Lipinski definition) is 1. The first-order valence-electron chi connectivity index (χ1n) is 7.31. The quantitative estimate of drug-likeness (QED) is 0.915. The maximum absolute atomic E-state index is 12.4. The first-order valence-corrected chi connectivity index (χ1v) is 8.10. The van der Waals surface area contributed by atoms with Gasteiger partial charge in [-0.15, -0.1) is 0 Å². The van der Waals surface area contributed by atoms with E-state index in [4.69, 9.17) is 4.74 Å². The van der Waals surface area contributed by atoms with Crippen LogP contribution < -0.4 is 10.1 Å². The average molecular weight is 338 g/mol. The van der Waals surface area contributed by atoms with Gasteiger partial charge in [0.1, 0.15) is 5.75 Å². The largest absolute Gasteiger partial charge is 0.493 e. The second-order valence-electron chi connectivity index (χ2n) is 6.10. The van der Waals surface area contributed by atoms with Crippen LogP contribution in [0.1, 0.15) is 43.7 Å². The Balaban J connectivity index is 1.71. The summed E-state index contributed by atoms with van der Waals surface area (Å²) in [4.78, 5) is 12.4. The predicted octanol–water partition coefficient (Wildman–Crippen LogP) is 3.58. The lowest BCUT2D eigenvalue weighted by Crippen LogP contribution is -2.36. The normalized spacial score (nSPS) is 19.5. The first-order chi connectivity index (χ1) is 9.58. The highest BCUT2D eigenvalue weighted by Gasteiger charge is 2.36. The molecule has 1 aliphatic carbocycles. The summed E-state index contributed by atoms with van der Waals surface area (Å²) in [6.07, 6.45) is 5.30. The van der Waals surface area contributed by atoms with E-state index in [2.05, 4.69) is 34.2 Å². The van der Waals surface area contributed by atoms with Crippen LogP contribution in [0, 0.1) is 5.41 Å². The van der Waals surface area contributed by atoms with Crippen molar-refractivity contribution in [2.45, 2.75) is 45.6 Å². The monoisotopic (exact) mass is 337 g/mol. The van der Waals surface area contributed by atoms with Crippen molar-refractivity contribution in [3.05, 3.63) is 27.7 Å². The molecule has 1 aliphatic heterocycles. The number of carbonyl (C=O) groups is 1. The Morgan fingerprint density at radius 2 is 2.15 bits per heavy atom. The Bertz CT molecular complexity index is 536. The molecule has 0 unspecified atom stereocenters. The zero-order valence-electron chi connectivity index (χ0n) is 11.8. The van der Waals surface area contributed by atoms with Gasteiger partial charge in [-0.3, -0.25) is 4.79 Å². The standard InChI is InChI=1S/C16H20BrNO2/c1-16(5-2-3-6-16)15(19)18-10-12-9-13(17)8-11-4-7-20-14(11)12/h8-9H,2-7,10H2,1H3,(H,18,19). The summed E-state index contributed by atoms with van der Waals surface area (Å²) in [5, 5.41) is 3.10. The minimum atomic E-state index is -0.171. The van der Waals surface area contributed by atoms with Crippen LogP contribution in [0.2, 0.25) is 0 Å². The van der Waals surface area contributed by atoms with Crippen molar-refractivity contribution in [2.24, 2.45) is 5.41 Å². The lowest BCUT2D eigenvalue weighted by atomic mass is 9.88. The molecule has 108 valence electrons. The van der Waals surface area contributed by atoms with Gasteiger partial charge in [-0.25, -0.2) is 0 Å². The Kier molecular flexibility index (Phi) is 3.76. The van der Waals surface area contributed by atoms with Gasteiger partial charge in [0.2, 0.25) is 5.91 Å². The van der Waals surface area contributed by atoms with Crippen LogP contribution in [-0.4, -0.2) is 12.5 Å². The fourth-order valence-electron chi connectivity index (χ4n) is 3.25. The Labute approximate surface area is 128 Å². The van der Waals surface area contributed by atoms with E-state index in [1.807, 2.05) is 6.07 Å². The van der Waals surface area contributed by atoms with Crippen molar-refractivity contribution in [1.82, 2.24) is 5.32 Å². The molecule has 1 amide bonds. The number of benzene rings is 1. The van der Waals surface area contributed by atoms with E-state index in [1.165, 1.54) is 18.4 Å². The second kappa shape index (κ2) is 5.40. The van der Waals surface area contributed by atoms with Crippen LogP contribution >= 0.6 is 15.9 Å². The van der Waals surface area contributed by atoms with Gasteiger partial charge in [-0.2, -0.15) is 0 Å². The van der Waals surface area contributed by atoms with Gasteiger partial charge in [-0.1, -0.05) is 35.7 Å².